The van der Waals surface area contributed by atoms with E-state index >= 15 is 0 Å². The molecule has 2 amide bonds. The van der Waals surface area contributed by atoms with E-state index in [9.17, 15) is 22.8 Å². The number of carbonyl (C=O) groups is 2. The van der Waals surface area contributed by atoms with Crippen LogP contribution in [-0.2, 0) is 4.79 Å². The van der Waals surface area contributed by atoms with Gasteiger partial charge in [-0.15, -0.1) is 12.6 Å². The summed E-state index contributed by atoms with van der Waals surface area (Å²) in [6, 6.07) is -1.79. The van der Waals surface area contributed by atoms with Gasteiger partial charge >= 0.3 is 6.18 Å². The number of anilines is 2. The molecule has 1 aromatic heterocycles. The van der Waals surface area contributed by atoms with Crippen LogP contribution in [0.2, 0.25) is 0 Å². The average molecular weight is 391 g/mol. The molecule has 0 aliphatic heterocycles. The smallest absolute Gasteiger partial charge is 0.368 e. The van der Waals surface area contributed by atoms with Crippen molar-refractivity contribution in [3.05, 3.63) is 23.0 Å². The largest absolute Gasteiger partial charge is 0.391 e. The molecule has 1 aromatic rings. The summed E-state index contributed by atoms with van der Waals surface area (Å²) >= 11 is 4.04. The minimum Gasteiger partial charge on any atom is -0.368 e. The molecular weight excluding hydrogens is 375 g/mol. The number of amides is 2. The van der Waals surface area contributed by atoms with Crippen molar-refractivity contribution in [2.75, 3.05) is 10.6 Å². The standard InChI is InChI=1S/C13H16F3N7O2S/c1-5(17)2-8(26)23-12-9(11(19)25)20-4-7(22-12)21-6(10(18)24)3-13(14,15)16/h2,4,6,17,26H,3H2,1H3,(H2,18,24)(H2,19,25)(H2,21,22,23)/b8-2-,17-5?/t6-/m1/s1. The van der Waals surface area contributed by atoms with E-state index in [-0.39, 0.29) is 28.1 Å². The van der Waals surface area contributed by atoms with Crippen LogP contribution in [-0.4, -0.2) is 39.7 Å². The number of nitrogens with one attached hydrogen (secondary N) is 3. The first kappa shape index (κ1) is 21.2. The molecule has 0 saturated heterocycles. The molecule has 0 aliphatic rings. The van der Waals surface area contributed by atoms with Crippen LogP contribution in [0.4, 0.5) is 24.8 Å². The lowest BCUT2D eigenvalue weighted by Crippen LogP contribution is -2.39. The first-order valence-electron chi connectivity index (χ1n) is 6.91. The highest BCUT2D eigenvalue weighted by molar-refractivity contribution is 7.84. The fourth-order valence-corrected chi connectivity index (χ4v) is 2.02. The summed E-state index contributed by atoms with van der Waals surface area (Å²) in [4.78, 5) is 30.2. The van der Waals surface area contributed by atoms with Gasteiger partial charge in [-0.2, -0.15) is 13.2 Å². The van der Waals surface area contributed by atoms with Gasteiger partial charge in [-0.3, -0.25) is 9.59 Å². The van der Waals surface area contributed by atoms with Gasteiger partial charge in [0.1, 0.15) is 11.9 Å². The van der Waals surface area contributed by atoms with Crippen LogP contribution in [0, 0.1) is 5.41 Å². The number of hydrogen-bond acceptors (Lipinski definition) is 8. The Morgan fingerprint density at radius 3 is 2.50 bits per heavy atom. The maximum Gasteiger partial charge on any atom is 0.391 e. The molecule has 0 unspecified atom stereocenters. The van der Waals surface area contributed by atoms with Crippen LogP contribution in [0.5, 0.6) is 0 Å². The number of aromatic nitrogens is 2. The minimum absolute atomic E-state index is 0.105. The van der Waals surface area contributed by atoms with Gasteiger partial charge in [0, 0.05) is 5.71 Å². The van der Waals surface area contributed by atoms with Crippen molar-refractivity contribution in [2.45, 2.75) is 25.6 Å². The highest BCUT2D eigenvalue weighted by Gasteiger charge is 2.35. The average Bonchev–Trinajstić information content (AvgIpc) is 2.43. The normalized spacial score (nSPS) is 13.0. The predicted molar refractivity (Wildman–Crippen MR) is 91.9 cm³/mol. The third-order valence-electron chi connectivity index (χ3n) is 2.71. The quantitative estimate of drug-likeness (QED) is 0.286. The van der Waals surface area contributed by atoms with Crippen molar-refractivity contribution in [3.8, 4) is 0 Å². The van der Waals surface area contributed by atoms with E-state index in [1.165, 1.54) is 13.0 Å². The number of hydrogen-bond donors (Lipinski definition) is 6. The SMILES string of the molecule is CC(=N)/C=C(\S)Nc1nc(N[C@H](CC(F)(F)F)C(N)=O)cnc1C(N)=O. The molecule has 1 heterocycles. The number of carbonyl (C=O) groups excluding carboxylic acids is 2. The summed E-state index contributed by atoms with van der Waals surface area (Å²) in [5.41, 5.74) is 9.94. The van der Waals surface area contributed by atoms with Gasteiger partial charge in [0.2, 0.25) is 5.91 Å². The lowest BCUT2D eigenvalue weighted by atomic mass is 10.2. The van der Waals surface area contributed by atoms with Crippen LogP contribution >= 0.6 is 12.6 Å². The summed E-state index contributed by atoms with van der Waals surface area (Å²) < 4.78 is 37.5. The summed E-state index contributed by atoms with van der Waals surface area (Å²) in [5, 5.41) is 12.2. The molecule has 13 heteroatoms. The Hall–Kier alpha value is -2.83. The summed E-state index contributed by atoms with van der Waals surface area (Å²) in [6.07, 6.45) is -3.95. The Kier molecular flexibility index (Phi) is 6.94. The van der Waals surface area contributed by atoms with Gasteiger partial charge in [0.25, 0.3) is 5.91 Å². The number of rotatable bonds is 8. The molecular formula is C13H16F3N7O2S. The fourth-order valence-electron chi connectivity index (χ4n) is 1.72. The van der Waals surface area contributed by atoms with Crippen LogP contribution in [0.1, 0.15) is 23.8 Å². The van der Waals surface area contributed by atoms with Gasteiger partial charge in [-0.25, -0.2) is 9.97 Å². The molecule has 0 bridgehead atoms. The van der Waals surface area contributed by atoms with Crippen LogP contribution < -0.4 is 22.1 Å². The predicted octanol–water partition coefficient (Wildman–Crippen LogP) is 1.02. The second kappa shape index (κ2) is 8.51. The number of primary amides is 2. The number of halogens is 3. The Morgan fingerprint density at radius 2 is 2.04 bits per heavy atom. The molecule has 0 radical (unpaired) electrons. The summed E-state index contributed by atoms with van der Waals surface area (Å²) in [6.45, 7) is 1.46. The number of nitrogens with two attached hydrogens (primary N) is 2. The van der Waals surface area contributed by atoms with Crippen molar-refractivity contribution in [1.29, 1.82) is 5.41 Å². The Balaban J connectivity index is 3.17. The molecule has 0 aromatic carbocycles. The number of nitrogens with zero attached hydrogens (tertiary/aromatic N) is 2. The monoisotopic (exact) mass is 391 g/mol. The lowest BCUT2D eigenvalue weighted by Gasteiger charge is -2.18. The minimum atomic E-state index is -4.64. The molecule has 0 spiro atoms. The van der Waals surface area contributed by atoms with Crippen molar-refractivity contribution in [2.24, 2.45) is 11.5 Å². The zero-order valence-corrected chi connectivity index (χ0v) is 14.3. The second-order valence-corrected chi connectivity index (χ2v) is 5.55. The first-order chi connectivity index (χ1) is 11.9. The summed E-state index contributed by atoms with van der Waals surface area (Å²) in [5.74, 6) is -2.67. The fraction of sp³-hybridized carbons (Fsp3) is 0.308. The van der Waals surface area contributed by atoms with Crippen LogP contribution in [0.15, 0.2) is 17.3 Å². The molecule has 0 aliphatic carbocycles. The van der Waals surface area contributed by atoms with Crippen molar-refractivity contribution in [3.63, 3.8) is 0 Å². The third-order valence-corrected chi connectivity index (χ3v) is 2.95. The van der Waals surface area contributed by atoms with Crippen LogP contribution in [0.3, 0.4) is 0 Å². The Morgan fingerprint density at radius 1 is 1.42 bits per heavy atom. The Bertz CT molecular complexity index is 752. The van der Waals surface area contributed by atoms with E-state index < -0.39 is 30.5 Å². The lowest BCUT2D eigenvalue weighted by molar-refractivity contribution is -0.144. The van der Waals surface area contributed by atoms with Crippen molar-refractivity contribution < 1.29 is 22.8 Å². The zero-order chi connectivity index (χ0) is 20.1. The highest BCUT2D eigenvalue weighted by atomic mass is 32.1. The first-order valence-corrected chi connectivity index (χ1v) is 7.36. The molecule has 1 atom stereocenters. The molecule has 0 fully saturated rings. The topological polar surface area (TPSA) is 160 Å². The van der Waals surface area contributed by atoms with Gasteiger partial charge in [0.15, 0.2) is 11.5 Å². The third kappa shape index (κ3) is 6.96. The van der Waals surface area contributed by atoms with E-state index in [0.29, 0.717) is 0 Å². The second-order valence-electron chi connectivity index (χ2n) is 5.07. The number of alkyl halides is 3. The van der Waals surface area contributed by atoms with E-state index in [2.05, 4.69) is 33.2 Å². The maximum absolute atomic E-state index is 12.5. The van der Waals surface area contributed by atoms with Gasteiger partial charge in [-0.05, 0) is 13.0 Å². The van der Waals surface area contributed by atoms with Gasteiger partial charge in [-0.1, -0.05) is 0 Å². The van der Waals surface area contributed by atoms with E-state index in [0.717, 1.165) is 6.20 Å². The van der Waals surface area contributed by atoms with E-state index in [4.69, 9.17) is 16.9 Å². The zero-order valence-electron chi connectivity index (χ0n) is 13.4. The van der Waals surface area contributed by atoms with Crippen molar-refractivity contribution in [1.82, 2.24) is 9.97 Å². The number of thiol groups is 1. The molecule has 7 N–H and O–H groups in total. The maximum atomic E-state index is 12.5. The molecule has 1 rings (SSSR count). The summed E-state index contributed by atoms with van der Waals surface area (Å²) in [7, 11) is 0. The highest BCUT2D eigenvalue weighted by Crippen LogP contribution is 2.24. The van der Waals surface area contributed by atoms with Gasteiger partial charge in [0.05, 0.1) is 17.6 Å². The Labute approximate surface area is 151 Å². The van der Waals surface area contributed by atoms with Gasteiger partial charge < -0.3 is 27.5 Å². The van der Waals surface area contributed by atoms with E-state index in [1.807, 2.05) is 0 Å². The molecule has 142 valence electrons. The van der Waals surface area contributed by atoms with E-state index in [1.54, 1.807) is 0 Å². The van der Waals surface area contributed by atoms with Crippen LogP contribution in [0.25, 0.3) is 0 Å². The molecule has 26 heavy (non-hydrogen) atoms. The molecule has 9 nitrogen and oxygen atoms in total. The number of allylic oxidation sites excluding steroid dienone is 1. The molecule has 0 saturated carbocycles. The van der Waals surface area contributed by atoms with Crippen molar-refractivity contribution >= 4 is 41.8 Å².